The van der Waals surface area contributed by atoms with Crippen LogP contribution in [0.1, 0.15) is 26.3 Å². The molecule has 220 valence electrons. The number of carboxylic acid groups (broad SMARTS) is 1. The summed E-state index contributed by atoms with van der Waals surface area (Å²) in [4.78, 5) is 41.7. The lowest BCUT2D eigenvalue weighted by Crippen LogP contribution is -2.43. The average molecular weight is 624 g/mol. The van der Waals surface area contributed by atoms with Crippen molar-refractivity contribution in [3.63, 3.8) is 0 Å². The number of nitrogens with zero attached hydrogens (tertiary/aromatic N) is 4. The van der Waals surface area contributed by atoms with Crippen molar-refractivity contribution in [2.45, 2.75) is 6.54 Å². The van der Waals surface area contributed by atoms with E-state index >= 15 is 4.39 Å². The maximum Gasteiger partial charge on any atom is 0.337 e. The number of aromatic nitrogens is 2. The molecule has 0 radical (unpaired) electrons. The maximum atomic E-state index is 15.5. The third-order valence-corrected chi connectivity index (χ3v) is 8.05. The number of amides is 3. The molecule has 13 heteroatoms. The Morgan fingerprint density at radius 3 is 2.42 bits per heavy atom. The summed E-state index contributed by atoms with van der Waals surface area (Å²) in [6, 6.07) is 9.90. The molecule has 2 N–H and O–H groups in total. The van der Waals surface area contributed by atoms with E-state index in [1.165, 1.54) is 6.07 Å². The Kier molecular flexibility index (Phi) is 7.55. The Bertz CT molecular complexity index is 1780. The van der Waals surface area contributed by atoms with Gasteiger partial charge in [-0.05, 0) is 35.4 Å². The molecule has 0 spiro atoms. The fourth-order valence-electron chi connectivity index (χ4n) is 5.34. The lowest BCUT2D eigenvalue weighted by atomic mass is 9.95. The van der Waals surface area contributed by atoms with Gasteiger partial charge in [-0.3, -0.25) is 14.4 Å². The number of aromatic carboxylic acids is 1. The number of hydrogen-bond donors (Lipinski definition) is 2. The van der Waals surface area contributed by atoms with Crippen LogP contribution in [0.25, 0.3) is 22.3 Å². The number of carbonyl (C=O) groups excluding carboxylic acids is 2. The van der Waals surface area contributed by atoms with Crippen molar-refractivity contribution < 1.29 is 28.6 Å². The number of hydrogen-bond acceptors (Lipinski definition) is 6. The summed E-state index contributed by atoms with van der Waals surface area (Å²) in [6.07, 6.45) is 3.41. The summed E-state index contributed by atoms with van der Waals surface area (Å²) >= 11 is 13.0. The number of benzene rings is 3. The molecule has 4 aromatic rings. The molecule has 0 unspecified atom stereocenters. The maximum absolute atomic E-state index is 15.5. The number of imide groups is 1. The standard InChI is InChI=1S/C30H24Cl2FN5O5/c1-36-14-18(13-34-36)17-9-22(31)26(23(32)10-17)28(39)38-15-16-3-2-4-19(27(16)35-30(38)42)20-12-25(37-5-7-43-8-6-37)21(29(40)41)11-24(20)33/h2-4,9-14H,5-8,15H2,1H3,(H,35,42)(H,40,41). The highest BCUT2D eigenvalue weighted by Gasteiger charge is 2.33. The van der Waals surface area contributed by atoms with Crippen LogP contribution in [-0.2, 0) is 18.3 Å². The Balaban J connectivity index is 1.34. The van der Waals surface area contributed by atoms with Crippen molar-refractivity contribution in [3.8, 4) is 22.3 Å². The van der Waals surface area contributed by atoms with Gasteiger partial charge in [0.15, 0.2) is 0 Å². The summed E-state index contributed by atoms with van der Waals surface area (Å²) < 4.78 is 22.5. The second-order valence-corrected chi connectivity index (χ2v) is 10.9. The van der Waals surface area contributed by atoms with Gasteiger partial charge in [0.2, 0.25) is 0 Å². The Labute approximate surface area is 255 Å². The van der Waals surface area contributed by atoms with Crippen molar-refractivity contribution >= 4 is 52.5 Å². The van der Waals surface area contributed by atoms with E-state index in [9.17, 15) is 19.5 Å². The summed E-state index contributed by atoms with van der Waals surface area (Å²) in [5.41, 5.74) is 2.87. The van der Waals surface area contributed by atoms with Gasteiger partial charge < -0.3 is 20.1 Å². The van der Waals surface area contributed by atoms with Crippen LogP contribution in [-0.4, -0.2) is 64.0 Å². The third-order valence-electron chi connectivity index (χ3n) is 7.45. The first-order valence-electron chi connectivity index (χ1n) is 13.2. The summed E-state index contributed by atoms with van der Waals surface area (Å²) in [5.74, 6) is -2.72. The van der Waals surface area contributed by atoms with Gasteiger partial charge in [-0.1, -0.05) is 41.4 Å². The van der Waals surface area contributed by atoms with Gasteiger partial charge in [-0.15, -0.1) is 0 Å². The second-order valence-electron chi connectivity index (χ2n) is 10.1. The number of urea groups is 1. The van der Waals surface area contributed by atoms with Gasteiger partial charge >= 0.3 is 12.0 Å². The number of morpholine rings is 1. The minimum atomic E-state index is -1.25. The molecule has 1 saturated heterocycles. The molecule has 0 bridgehead atoms. The number of rotatable bonds is 5. The van der Waals surface area contributed by atoms with E-state index in [0.717, 1.165) is 16.5 Å². The highest BCUT2D eigenvalue weighted by atomic mass is 35.5. The molecule has 1 fully saturated rings. The molecule has 0 aliphatic carbocycles. The first-order valence-corrected chi connectivity index (χ1v) is 14.0. The number of fused-ring (bicyclic) bond motifs is 1. The first-order chi connectivity index (χ1) is 20.6. The molecule has 2 aliphatic rings. The van der Waals surface area contributed by atoms with Crippen molar-refractivity contribution in [1.82, 2.24) is 14.7 Å². The number of anilines is 2. The average Bonchev–Trinajstić information content (AvgIpc) is 3.42. The van der Waals surface area contributed by atoms with Crippen LogP contribution in [0, 0.1) is 5.82 Å². The molecule has 0 atom stereocenters. The topological polar surface area (TPSA) is 117 Å². The monoisotopic (exact) mass is 623 g/mol. The van der Waals surface area contributed by atoms with Gasteiger partial charge in [-0.2, -0.15) is 5.10 Å². The Morgan fingerprint density at radius 1 is 1.05 bits per heavy atom. The van der Waals surface area contributed by atoms with Gasteiger partial charge in [0, 0.05) is 43.0 Å². The summed E-state index contributed by atoms with van der Waals surface area (Å²) in [5, 5.41) is 16.8. The van der Waals surface area contributed by atoms with E-state index < -0.39 is 23.7 Å². The molecule has 43 heavy (non-hydrogen) atoms. The fourth-order valence-corrected chi connectivity index (χ4v) is 5.99. The van der Waals surface area contributed by atoms with Crippen LogP contribution in [0.2, 0.25) is 10.0 Å². The van der Waals surface area contributed by atoms with Crippen LogP contribution in [0.3, 0.4) is 0 Å². The molecule has 3 heterocycles. The number of halogens is 3. The number of nitrogens with one attached hydrogen (secondary N) is 1. The predicted molar refractivity (Wildman–Crippen MR) is 159 cm³/mol. The zero-order chi connectivity index (χ0) is 30.4. The molecular formula is C30H24Cl2FN5O5. The van der Waals surface area contributed by atoms with Crippen LogP contribution in [0.4, 0.5) is 20.6 Å². The number of aryl methyl sites for hydroxylation is 1. The Morgan fingerprint density at radius 2 is 1.77 bits per heavy atom. The highest BCUT2D eigenvalue weighted by molar-refractivity contribution is 6.40. The normalized spacial score (nSPS) is 14.8. The summed E-state index contributed by atoms with van der Waals surface area (Å²) in [6.45, 7) is 1.58. The SMILES string of the molecule is Cn1cc(-c2cc(Cl)c(C(=O)N3Cc4cccc(-c5cc(N6CCOCC6)c(C(=O)O)cc5F)c4NC3=O)c(Cl)c2)cn1. The van der Waals surface area contributed by atoms with E-state index in [1.807, 2.05) is 4.90 Å². The lowest BCUT2D eigenvalue weighted by Gasteiger charge is -2.31. The van der Waals surface area contributed by atoms with Gasteiger partial charge in [0.05, 0.1) is 58.5 Å². The fraction of sp³-hybridized carbons (Fsp3) is 0.200. The predicted octanol–water partition coefficient (Wildman–Crippen LogP) is 5.92. The van der Waals surface area contributed by atoms with E-state index in [4.69, 9.17) is 27.9 Å². The minimum absolute atomic E-state index is 0.0313. The molecule has 6 rings (SSSR count). The first kappa shape index (κ1) is 28.7. The number of ether oxygens (including phenoxy) is 1. The quantitative estimate of drug-likeness (QED) is 0.283. The zero-order valence-corrected chi connectivity index (χ0v) is 24.2. The molecular weight excluding hydrogens is 600 g/mol. The van der Waals surface area contributed by atoms with Crippen LogP contribution in [0.5, 0.6) is 0 Å². The molecule has 10 nitrogen and oxygen atoms in total. The van der Waals surface area contributed by atoms with Crippen LogP contribution < -0.4 is 10.2 Å². The second kappa shape index (κ2) is 11.3. The van der Waals surface area contributed by atoms with Crippen molar-refractivity contribution in [3.05, 3.63) is 87.4 Å². The molecule has 3 amide bonds. The van der Waals surface area contributed by atoms with Crippen molar-refractivity contribution in [2.24, 2.45) is 7.05 Å². The van der Waals surface area contributed by atoms with E-state index in [-0.39, 0.29) is 33.3 Å². The van der Waals surface area contributed by atoms with Crippen LogP contribution in [0.15, 0.2) is 54.9 Å². The number of para-hydroxylation sites is 1. The van der Waals surface area contributed by atoms with Crippen molar-refractivity contribution in [1.29, 1.82) is 0 Å². The third kappa shape index (κ3) is 5.31. The zero-order valence-electron chi connectivity index (χ0n) is 22.7. The number of carbonyl (C=O) groups is 3. The van der Waals surface area contributed by atoms with Crippen molar-refractivity contribution in [2.75, 3.05) is 36.5 Å². The van der Waals surface area contributed by atoms with E-state index in [1.54, 1.807) is 54.5 Å². The van der Waals surface area contributed by atoms with E-state index in [0.29, 0.717) is 54.4 Å². The summed E-state index contributed by atoms with van der Waals surface area (Å²) in [7, 11) is 1.77. The molecule has 1 aromatic heterocycles. The number of carboxylic acids is 1. The lowest BCUT2D eigenvalue weighted by molar-refractivity contribution is 0.0694. The van der Waals surface area contributed by atoms with Gasteiger partial charge in [0.25, 0.3) is 5.91 Å². The van der Waals surface area contributed by atoms with E-state index in [2.05, 4.69) is 10.4 Å². The van der Waals surface area contributed by atoms with Gasteiger partial charge in [-0.25, -0.2) is 14.0 Å². The largest absolute Gasteiger partial charge is 0.478 e. The molecule has 0 saturated carbocycles. The highest BCUT2D eigenvalue weighted by Crippen LogP contribution is 2.40. The smallest absolute Gasteiger partial charge is 0.337 e. The van der Waals surface area contributed by atoms with Gasteiger partial charge in [0.1, 0.15) is 5.82 Å². The minimum Gasteiger partial charge on any atom is -0.478 e. The molecule has 2 aliphatic heterocycles. The Hall–Kier alpha value is -4.45. The van der Waals surface area contributed by atoms with Crippen LogP contribution >= 0.6 is 23.2 Å². The molecule has 3 aromatic carbocycles.